The van der Waals surface area contributed by atoms with Crippen LogP contribution in [0.5, 0.6) is 0 Å². The molecule has 13 heavy (non-hydrogen) atoms. The van der Waals surface area contributed by atoms with Gasteiger partial charge in [0.05, 0.1) is 18.2 Å². The van der Waals surface area contributed by atoms with Crippen LogP contribution in [0.1, 0.15) is 15.9 Å². The van der Waals surface area contributed by atoms with Crippen LogP contribution in [0, 0.1) is 16.0 Å². The summed E-state index contributed by atoms with van der Waals surface area (Å²) in [6.45, 7) is 0. The molecule has 0 saturated heterocycles. The van der Waals surface area contributed by atoms with Gasteiger partial charge in [-0.15, -0.1) is 0 Å². The lowest BCUT2D eigenvalue weighted by atomic mass is 10.1. The standard InChI is InChI=1S/C8H6N2O2S/c1-12-8(11)6-2-7(13)10-4-5(6)3-9/h2,4H,1H3,(H,10,13). The molecule has 0 aromatic carbocycles. The SMILES string of the molecule is COC(=O)c1cc(=S)[nH]cc1C#N. The maximum Gasteiger partial charge on any atom is 0.339 e. The van der Waals surface area contributed by atoms with Gasteiger partial charge in [0.1, 0.15) is 10.7 Å². The fourth-order valence-corrected chi connectivity index (χ4v) is 1.02. The Bertz CT molecular complexity index is 431. The van der Waals surface area contributed by atoms with Crippen molar-refractivity contribution in [1.29, 1.82) is 5.26 Å². The summed E-state index contributed by atoms with van der Waals surface area (Å²) in [5.74, 6) is -0.559. The Morgan fingerprint density at radius 1 is 1.77 bits per heavy atom. The third-order valence-corrected chi connectivity index (χ3v) is 1.69. The van der Waals surface area contributed by atoms with Crippen LogP contribution in [0.4, 0.5) is 0 Å². The molecule has 0 fully saturated rings. The average Bonchev–Trinajstić information content (AvgIpc) is 2.16. The summed E-state index contributed by atoms with van der Waals surface area (Å²) < 4.78 is 4.87. The second-order valence-electron chi connectivity index (χ2n) is 2.23. The van der Waals surface area contributed by atoms with Crippen LogP contribution in [0.2, 0.25) is 0 Å². The fraction of sp³-hybridized carbons (Fsp3) is 0.125. The third-order valence-electron chi connectivity index (χ3n) is 1.45. The summed E-state index contributed by atoms with van der Waals surface area (Å²) in [6.07, 6.45) is 1.38. The molecule has 0 aliphatic rings. The first-order valence-electron chi connectivity index (χ1n) is 3.40. The number of methoxy groups -OCH3 is 1. The number of ether oxygens (including phenoxy) is 1. The molecule has 0 aliphatic heterocycles. The van der Waals surface area contributed by atoms with Gasteiger partial charge in [-0.3, -0.25) is 0 Å². The Kier molecular flexibility index (Phi) is 2.77. The molecule has 0 saturated carbocycles. The van der Waals surface area contributed by atoms with Crippen molar-refractivity contribution >= 4 is 18.2 Å². The van der Waals surface area contributed by atoms with E-state index < -0.39 is 5.97 Å². The molecule has 0 atom stereocenters. The molecule has 0 unspecified atom stereocenters. The molecule has 0 bridgehead atoms. The summed E-state index contributed by atoms with van der Waals surface area (Å²) >= 11 is 4.80. The molecule has 1 heterocycles. The van der Waals surface area contributed by atoms with Crippen LogP contribution < -0.4 is 0 Å². The van der Waals surface area contributed by atoms with Crippen molar-refractivity contribution in [3.8, 4) is 6.07 Å². The summed E-state index contributed by atoms with van der Waals surface area (Å²) in [5.41, 5.74) is 0.411. The van der Waals surface area contributed by atoms with E-state index in [9.17, 15) is 4.79 Å². The smallest absolute Gasteiger partial charge is 0.339 e. The van der Waals surface area contributed by atoms with Crippen molar-refractivity contribution in [2.75, 3.05) is 7.11 Å². The number of carbonyl (C=O) groups is 1. The third kappa shape index (κ3) is 1.92. The number of nitrogens with one attached hydrogen (secondary N) is 1. The molecular weight excluding hydrogens is 188 g/mol. The minimum Gasteiger partial charge on any atom is -0.465 e. The molecule has 0 spiro atoms. The van der Waals surface area contributed by atoms with Gasteiger partial charge in [-0.05, 0) is 6.07 Å². The van der Waals surface area contributed by atoms with E-state index in [0.29, 0.717) is 4.64 Å². The van der Waals surface area contributed by atoms with Crippen molar-refractivity contribution in [1.82, 2.24) is 4.98 Å². The maximum absolute atomic E-state index is 11.1. The Hall–Kier alpha value is -1.67. The van der Waals surface area contributed by atoms with Crippen molar-refractivity contribution in [2.24, 2.45) is 0 Å². The molecule has 4 nitrogen and oxygen atoms in total. The first-order valence-corrected chi connectivity index (χ1v) is 3.81. The van der Waals surface area contributed by atoms with Gasteiger partial charge in [-0.1, -0.05) is 12.2 Å². The number of nitrogens with zero attached hydrogens (tertiary/aromatic N) is 1. The highest BCUT2D eigenvalue weighted by Gasteiger charge is 2.10. The number of nitriles is 1. The van der Waals surface area contributed by atoms with Crippen LogP contribution in [-0.4, -0.2) is 18.1 Å². The first kappa shape index (κ1) is 9.42. The molecule has 1 aromatic rings. The second-order valence-corrected chi connectivity index (χ2v) is 2.67. The minimum absolute atomic E-state index is 0.189. The van der Waals surface area contributed by atoms with Gasteiger partial charge in [0.2, 0.25) is 0 Å². The molecule has 0 amide bonds. The molecule has 0 radical (unpaired) electrons. The monoisotopic (exact) mass is 194 g/mol. The maximum atomic E-state index is 11.1. The minimum atomic E-state index is -0.559. The van der Waals surface area contributed by atoms with Crippen molar-refractivity contribution in [3.05, 3.63) is 28.0 Å². The van der Waals surface area contributed by atoms with Crippen LogP contribution in [0.3, 0.4) is 0 Å². The highest BCUT2D eigenvalue weighted by molar-refractivity contribution is 7.71. The predicted molar refractivity (Wildman–Crippen MR) is 47.7 cm³/mol. The Morgan fingerprint density at radius 2 is 2.46 bits per heavy atom. The number of hydrogen-bond donors (Lipinski definition) is 1. The van der Waals surface area contributed by atoms with Gasteiger partial charge < -0.3 is 9.72 Å². The lowest BCUT2D eigenvalue weighted by Crippen LogP contribution is -2.04. The zero-order chi connectivity index (χ0) is 9.84. The van der Waals surface area contributed by atoms with Gasteiger partial charge in [0, 0.05) is 6.20 Å². The lowest BCUT2D eigenvalue weighted by molar-refractivity contribution is 0.0600. The molecular formula is C8H6N2O2S. The molecule has 5 heteroatoms. The predicted octanol–water partition coefficient (Wildman–Crippen LogP) is 1.40. The van der Waals surface area contributed by atoms with E-state index >= 15 is 0 Å². The topological polar surface area (TPSA) is 65.9 Å². The van der Waals surface area contributed by atoms with E-state index in [-0.39, 0.29) is 11.1 Å². The number of H-pyrrole nitrogens is 1. The van der Waals surface area contributed by atoms with Gasteiger partial charge in [-0.2, -0.15) is 5.26 Å². The molecule has 1 aromatic heterocycles. The molecule has 0 aliphatic carbocycles. The quantitative estimate of drug-likeness (QED) is 0.542. The van der Waals surface area contributed by atoms with Crippen molar-refractivity contribution in [2.45, 2.75) is 0 Å². The van der Waals surface area contributed by atoms with E-state index in [4.69, 9.17) is 17.5 Å². The van der Waals surface area contributed by atoms with Crippen molar-refractivity contribution in [3.63, 3.8) is 0 Å². The average molecular weight is 194 g/mol. The fourth-order valence-electron chi connectivity index (χ4n) is 0.843. The number of rotatable bonds is 1. The molecule has 66 valence electrons. The van der Waals surface area contributed by atoms with Gasteiger partial charge >= 0.3 is 5.97 Å². The van der Waals surface area contributed by atoms with E-state index in [1.165, 1.54) is 19.4 Å². The Labute approximate surface area is 79.8 Å². The second kappa shape index (κ2) is 3.83. The van der Waals surface area contributed by atoms with Crippen LogP contribution in [0.15, 0.2) is 12.3 Å². The van der Waals surface area contributed by atoms with Gasteiger partial charge in [0.15, 0.2) is 0 Å². The Morgan fingerprint density at radius 3 is 3.00 bits per heavy atom. The largest absolute Gasteiger partial charge is 0.465 e. The van der Waals surface area contributed by atoms with E-state index in [1.54, 1.807) is 0 Å². The zero-order valence-electron chi connectivity index (χ0n) is 6.83. The van der Waals surface area contributed by atoms with Gasteiger partial charge in [-0.25, -0.2) is 4.79 Å². The summed E-state index contributed by atoms with van der Waals surface area (Å²) in [6, 6.07) is 3.26. The number of aromatic amines is 1. The highest BCUT2D eigenvalue weighted by Crippen LogP contribution is 2.07. The number of aromatic nitrogens is 1. The van der Waals surface area contributed by atoms with E-state index in [0.717, 1.165) is 0 Å². The lowest BCUT2D eigenvalue weighted by Gasteiger charge is -1.99. The number of carbonyl (C=O) groups excluding carboxylic acids is 1. The summed E-state index contributed by atoms with van der Waals surface area (Å²) in [7, 11) is 1.25. The molecule has 1 rings (SSSR count). The number of esters is 1. The first-order chi connectivity index (χ1) is 6.19. The summed E-state index contributed by atoms with van der Waals surface area (Å²) in [5, 5.41) is 8.64. The highest BCUT2D eigenvalue weighted by atomic mass is 32.1. The normalized spacial score (nSPS) is 8.92. The molecule has 1 N–H and O–H groups in total. The zero-order valence-corrected chi connectivity index (χ0v) is 7.64. The van der Waals surface area contributed by atoms with Crippen LogP contribution >= 0.6 is 12.2 Å². The van der Waals surface area contributed by atoms with Gasteiger partial charge in [0.25, 0.3) is 0 Å². The number of hydrogen-bond acceptors (Lipinski definition) is 4. The van der Waals surface area contributed by atoms with Crippen LogP contribution in [0.25, 0.3) is 0 Å². The van der Waals surface area contributed by atoms with Crippen molar-refractivity contribution < 1.29 is 9.53 Å². The van der Waals surface area contributed by atoms with E-state index in [2.05, 4.69) is 9.72 Å². The Balaban J connectivity index is 3.34. The van der Waals surface area contributed by atoms with Crippen LogP contribution in [-0.2, 0) is 4.74 Å². The number of pyridine rings is 1. The van der Waals surface area contributed by atoms with E-state index in [1.807, 2.05) is 6.07 Å². The summed E-state index contributed by atoms with van der Waals surface area (Å²) in [4.78, 5) is 13.8.